The Morgan fingerprint density at radius 3 is 2.76 bits per heavy atom. The molecule has 0 bridgehead atoms. The van der Waals surface area contributed by atoms with Crippen molar-refractivity contribution in [3.63, 3.8) is 0 Å². The molecule has 0 amide bonds. The number of hydrogen-bond acceptors (Lipinski definition) is 3. The molecule has 1 aliphatic carbocycles. The maximum absolute atomic E-state index is 5.95. The molecular weight excluding hydrogens is 228 g/mol. The van der Waals surface area contributed by atoms with E-state index in [2.05, 4.69) is 25.1 Å². The van der Waals surface area contributed by atoms with Gasteiger partial charge >= 0.3 is 0 Å². The summed E-state index contributed by atoms with van der Waals surface area (Å²) in [4.78, 5) is 4.78. The van der Waals surface area contributed by atoms with Crippen LogP contribution in [0.4, 0.5) is 0 Å². The average molecular weight is 246 g/mol. The predicted octanol–water partition coefficient (Wildman–Crippen LogP) is 3.59. The van der Waals surface area contributed by atoms with Crippen molar-refractivity contribution >= 4 is 21.6 Å². The lowest BCUT2D eigenvalue weighted by atomic mass is 9.87. The highest BCUT2D eigenvalue weighted by Gasteiger charge is 2.22. The Morgan fingerprint density at radius 2 is 2.00 bits per heavy atom. The molecule has 0 saturated heterocycles. The summed E-state index contributed by atoms with van der Waals surface area (Å²) in [5, 5.41) is 1.32. The summed E-state index contributed by atoms with van der Waals surface area (Å²) >= 11 is 1.87. The van der Waals surface area contributed by atoms with E-state index < -0.39 is 0 Å². The first-order valence-corrected chi connectivity index (χ1v) is 7.16. The number of hydrogen-bond donors (Lipinski definition) is 1. The molecule has 1 aliphatic rings. The largest absolute Gasteiger partial charge is 0.328 e. The van der Waals surface area contributed by atoms with Gasteiger partial charge in [-0.2, -0.15) is 0 Å². The number of nitrogens with two attached hydrogens (primary N) is 1. The minimum Gasteiger partial charge on any atom is -0.328 e. The summed E-state index contributed by atoms with van der Waals surface area (Å²) in [7, 11) is 0. The van der Waals surface area contributed by atoms with Gasteiger partial charge in [-0.15, -0.1) is 11.3 Å². The number of aryl methyl sites for hydroxylation is 1. The summed E-state index contributed by atoms with van der Waals surface area (Å²) in [5.41, 5.74) is 8.43. The van der Waals surface area contributed by atoms with Crippen LogP contribution in [0.5, 0.6) is 0 Å². The number of rotatable bonds is 1. The predicted molar refractivity (Wildman–Crippen MR) is 73.5 cm³/mol. The monoisotopic (exact) mass is 246 g/mol. The first-order chi connectivity index (χ1) is 8.22. The van der Waals surface area contributed by atoms with Gasteiger partial charge in [-0.05, 0) is 50.3 Å². The van der Waals surface area contributed by atoms with Crippen LogP contribution in [-0.2, 0) is 0 Å². The van der Waals surface area contributed by atoms with Crippen LogP contribution in [0.3, 0.4) is 0 Å². The number of aromatic nitrogens is 1. The minimum absolute atomic E-state index is 0.419. The second-order valence-corrected chi connectivity index (χ2v) is 6.20. The van der Waals surface area contributed by atoms with E-state index in [1.165, 1.54) is 28.1 Å². The third kappa shape index (κ3) is 2.22. The molecule has 0 spiro atoms. The molecule has 1 fully saturated rings. The fourth-order valence-corrected chi connectivity index (χ4v) is 3.83. The smallest absolute Gasteiger partial charge is 0.0969 e. The summed E-state index contributed by atoms with van der Waals surface area (Å²) in [6.07, 6.45) is 4.72. The summed E-state index contributed by atoms with van der Waals surface area (Å²) < 4.78 is 1.33. The molecule has 0 radical (unpaired) electrons. The third-order valence-corrected chi connectivity index (χ3v) is 4.86. The fraction of sp³-hybridized carbons (Fsp3) is 0.500. The van der Waals surface area contributed by atoms with Crippen molar-refractivity contribution in [2.75, 3.05) is 0 Å². The molecule has 3 rings (SSSR count). The van der Waals surface area contributed by atoms with Crippen LogP contribution >= 0.6 is 11.3 Å². The van der Waals surface area contributed by atoms with Crippen molar-refractivity contribution in [1.29, 1.82) is 0 Å². The molecule has 0 atom stereocenters. The number of benzene rings is 1. The lowest BCUT2D eigenvalue weighted by molar-refractivity contribution is 0.395. The van der Waals surface area contributed by atoms with Crippen LogP contribution in [-0.4, -0.2) is 11.0 Å². The molecule has 1 saturated carbocycles. The molecular formula is C14H18N2S. The van der Waals surface area contributed by atoms with Crippen LogP contribution in [0.15, 0.2) is 18.2 Å². The van der Waals surface area contributed by atoms with E-state index in [-0.39, 0.29) is 0 Å². The van der Waals surface area contributed by atoms with Crippen molar-refractivity contribution in [3.8, 4) is 0 Å². The third-order valence-electron chi connectivity index (χ3n) is 3.68. The Morgan fingerprint density at radius 1 is 1.24 bits per heavy atom. The van der Waals surface area contributed by atoms with E-state index in [0.717, 1.165) is 18.4 Å². The highest BCUT2D eigenvalue weighted by atomic mass is 32.1. The van der Waals surface area contributed by atoms with Crippen LogP contribution < -0.4 is 5.73 Å². The van der Waals surface area contributed by atoms with Crippen molar-refractivity contribution in [3.05, 3.63) is 28.8 Å². The first-order valence-electron chi connectivity index (χ1n) is 6.35. The Bertz CT molecular complexity index is 524. The molecule has 90 valence electrons. The van der Waals surface area contributed by atoms with E-state index in [1.54, 1.807) is 0 Å². The Labute approximate surface area is 106 Å². The van der Waals surface area contributed by atoms with Gasteiger partial charge in [0.15, 0.2) is 0 Å². The zero-order valence-corrected chi connectivity index (χ0v) is 11.0. The molecule has 1 heterocycles. The van der Waals surface area contributed by atoms with Gasteiger partial charge < -0.3 is 5.73 Å². The van der Waals surface area contributed by atoms with E-state index in [0.29, 0.717) is 12.0 Å². The molecule has 2 nitrogen and oxygen atoms in total. The summed E-state index contributed by atoms with van der Waals surface area (Å²) in [6, 6.07) is 6.94. The van der Waals surface area contributed by atoms with Crippen LogP contribution in [0.1, 0.15) is 42.2 Å². The van der Waals surface area contributed by atoms with Gasteiger partial charge in [-0.1, -0.05) is 6.07 Å². The maximum Gasteiger partial charge on any atom is 0.0969 e. The van der Waals surface area contributed by atoms with Gasteiger partial charge in [0.2, 0.25) is 0 Å². The zero-order chi connectivity index (χ0) is 11.8. The topological polar surface area (TPSA) is 38.9 Å². The van der Waals surface area contributed by atoms with E-state index in [9.17, 15) is 0 Å². The lowest BCUT2D eigenvalue weighted by Crippen LogP contribution is -2.25. The molecule has 1 aromatic carbocycles. The van der Waals surface area contributed by atoms with Gasteiger partial charge in [-0.3, -0.25) is 0 Å². The van der Waals surface area contributed by atoms with Gasteiger partial charge in [0, 0.05) is 12.0 Å². The second-order valence-electron chi connectivity index (χ2n) is 5.13. The SMILES string of the molecule is Cc1ccc2nc(C3CCC(N)CC3)sc2c1. The summed E-state index contributed by atoms with van der Waals surface area (Å²) in [5.74, 6) is 0.646. The van der Waals surface area contributed by atoms with Gasteiger partial charge in [0.05, 0.1) is 15.2 Å². The number of fused-ring (bicyclic) bond motifs is 1. The van der Waals surface area contributed by atoms with Crippen molar-refractivity contribution in [2.24, 2.45) is 5.73 Å². The van der Waals surface area contributed by atoms with Crippen LogP contribution in [0.2, 0.25) is 0 Å². The Balaban J connectivity index is 1.90. The first kappa shape index (κ1) is 11.2. The van der Waals surface area contributed by atoms with Crippen molar-refractivity contribution < 1.29 is 0 Å². The second kappa shape index (κ2) is 4.39. The van der Waals surface area contributed by atoms with Crippen molar-refractivity contribution in [1.82, 2.24) is 4.98 Å². The minimum atomic E-state index is 0.419. The molecule has 17 heavy (non-hydrogen) atoms. The summed E-state index contributed by atoms with van der Waals surface area (Å²) in [6.45, 7) is 2.14. The quantitative estimate of drug-likeness (QED) is 0.835. The van der Waals surface area contributed by atoms with E-state index in [4.69, 9.17) is 10.7 Å². The molecule has 0 unspecified atom stereocenters. The molecule has 2 N–H and O–H groups in total. The Hall–Kier alpha value is -0.930. The molecule has 2 aromatic rings. The van der Waals surface area contributed by atoms with Crippen molar-refractivity contribution in [2.45, 2.75) is 44.6 Å². The van der Waals surface area contributed by atoms with E-state index >= 15 is 0 Å². The highest BCUT2D eigenvalue weighted by molar-refractivity contribution is 7.18. The highest BCUT2D eigenvalue weighted by Crippen LogP contribution is 2.36. The molecule has 0 aliphatic heterocycles. The average Bonchev–Trinajstić information content (AvgIpc) is 2.72. The normalized spacial score (nSPS) is 25.3. The fourth-order valence-electron chi connectivity index (χ4n) is 2.59. The van der Waals surface area contributed by atoms with E-state index in [1.807, 2.05) is 11.3 Å². The standard InChI is InChI=1S/C14H18N2S/c1-9-2-7-12-13(8-9)17-14(16-12)10-3-5-11(15)6-4-10/h2,7-8,10-11H,3-6,15H2,1H3. The number of nitrogens with zero attached hydrogens (tertiary/aromatic N) is 1. The van der Waals surface area contributed by atoms with Crippen LogP contribution in [0.25, 0.3) is 10.2 Å². The zero-order valence-electron chi connectivity index (χ0n) is 10.1. The number of thiazole rings is 1. The lowest BCUT2D eigenvalue weighted by Gasteiger charge is -2.24. The molecule has 3 heteroatoms. The Kier molecular flexibility index (Phi) is 2.89. The molecule has 1 aromatic heterocycles. The van der Waals surface area contributed by atoms with Gasteiger partial charge in [-0.25, -0.2) is 4.98 Å². The maximum atomic E-state index is 5.95. The van der Waals surface area contributed by atoms with Gasteiger partial charge in [0.25, 0.3) is 0 Å². The van der Waals surface area contributed by atoms with Crippen LogP contribution in [0, 0.1) is 6.92 Å². The van der Waals surface area contributed by atoms with Gasteiger partial charge in [0.1, 0.15) is 0 Å².